The molecule has 242 valence electrons. The van der Waals surface area contributed by atoms with Crippen molar-refractivity contribution in [2.75, 3.05) is 39.3 Å². The zero-order chi connectivity index (χ0) is 29.8. The smallest absolute Gasteiger partial charge is 0.352 e. The number of benzene rings is 2. The van der Waals surface area contributed by atoms with Crippen LogP contribution in [0.3, 0.4) is 0 Å². The van der Waals surface area contributed by atoms with Crippen molar-refractivity contribution in [3.8, 4) is 5.75 Å². The molecule has 0 spiro atoms. The molecular formula is C33H46Cl2N4O5. The lowest BCUT2D eigenvalue weighted by atomic mass is 9.97. The van der Waals surface area contributed by atoms with Crippen molar-refractivity contribution < 1.29 is 24.2 Å². The molecule has 2 fully saturated rings. The summed E-state index contributed by atoms with van der Waals surface area (Å²) in [6.45, 7) is 13.4. The highest BCUT2D eigenvalue weighted by molar-refractivity contribution is 5.96. The Hall–Kier alpha value is -2.79. The number of hydrogen-bond donors (Lipinski definition) is 4. The maximum absolute atomic E-state index is 11.1. The average molecular weight is 650 g/mol. The Bertz CT molecular complexity index is 1510. The number of furan rings is 1. The summed E-state index contributed by atoms with van der Waals surface area (Å²) in [6.07, 6.45) is 4.86. The molecule has 0 radical (unpaired) electrons. The van der Waals surface area contributed by atoms with E-state index in [-0.39, 0.29) is 36.6 Å². The number of halogens is 2. The van der Waals surface area contributed by atoms with E-state index in [1.165, 1.54) is 11.1 Å². The van der Waals surface area contributed by atoms with Crippen LogP contribution in [0.4, 0.5) is 0 Å². The number of aromatic amines is 1. The number of nitrogens with two attached hydrogens (primary N) is 1. The number of carboxylic acid groups (broad SMARTS) is 1. The molecule has 6 rings (SSSR count). The first kappa shape index (κ1) is 35.7. The van der Waals surface area contributed by atoms with Crippen molar-refractivity contribution in [3.63, 3.8) is 0 Å². The summed E-state index contributed by atoms with van der Waals surface area (Å²) in [7, 11) is 0. The first-order chi connectivity index (χ1) is 20.2. The number of carboxylic acids is 1. The summed E-state index contributed by atoms with van der Waals surface area (Å²) in [6, 6.07) is 11.6. The van der Waals surface area contributed by atoms with Gasteiger partial charge in [0.05, 0.1) is 12.4 Å². The topological polar surface area (TPSA) is 128 Å². The third-order valence-corrected chi connectivity index (χ3v) is 8.82. The number of likely N-dealkylation sites (tertiary alicyclic amines) is 2. The second-order valence-corrected chi connectivity index (χ2v) is 12.0. The van der Waals surface area contributed by atoms with Crippen LogP contribution in [0, 0.1) is 19.8 Å². The first-order valence-corrected chi connectivity index (χ1v) is 15.0. The normalized spacial score (nSPS) is 19.6. The van der Waals surface area contributed by atoms with Gasteiger partial charge < -0.3 is 39.9 Å². The fourth-order valence-electron chi connectivity index (χ4n) is 5.85. The summed E-state index contributed by atoms with van der Waals surface area (Å²) < 4.78 is 11.6. The number of aromatic carboxylic acids is 1. The van der Waals surface area contributed by atoms with Crippen LogP contribution < -0.4 is 10.5 Å². The largest absolute Gasteiger partial charge is 0.488 e. The van der Waals surface area contributed by atoms with Gasteiger partial charge in [0.1, 0.15) is 23.6 Å². The Morgan fingerprint density at radius 3 is 2.41 bits per heavy atom. The fourth-order valence-corrected chi connectivity index (χ4v) is 5.85. The van der Waals surface area contributed by atoms with E-state index in [1.54, 1.807) is 12.3 Å². The Labute approximate surface area is 271 Å². The third kappa shape index (κ3) is 8.68. The third-order valence-electron chi connectivity index (χ3n) is 8.82. The zero-order valence-electron chi connectivity index (χ0n) is 25.8. The first-order valence-electron chi connectivity index (χ1n) is 15.0. The SMILES string of the molecule is C[C@H]1CN(CCN2CCC(N)CC2)CC[C@@H]1O.Cc1cc2occ(COc3cccc4[nH]c(C(=O)O)cc34)c2cc1C.Cl.Cl. The molecule has 0 bridgehead atoms. The van der Waals surface area contributed by atoms with Crippen molar-refractivity contribution in [3.05, 3.63) is 65.0 Å². The van der Waals surface area contributed by atoms with E-state index in [4.69, 9.17) is 20.0 Å². The number of piperidine rings is 2. The zero-order valence-corrected chi connectivity index (χ0v) is 27.4. The van der Waals surface area contributed by atoms with E-state index in [1.807, 2.05) is 24.3 Å². The lowest BCUT2D eigenvalue weighted by Crippen LogP contribution is -2.47. The second kappa shape index (κ2) is 16.0. The van der Waals surface area contributed by atoms with E-state index in [0.717, 1.165) is 86.0 Å². The molecule has 2 aliphatic heterocycles. The monoisotopic (exact) mass is 648 g/mol. The van der Waals surface area contributed by atoms with Gasteiger partial charge in [0.25, 0.3) is 0 Å². The van der Waals surface area contributed by atoms with Crippen molar-refractivity contribution in [1.82, 2.24) is 14.8 Å². The van der Waals surface area contributed by atoms with E-state index >= 15 is 0 Å². The lowest BCUT2D eigenvalue weighted by Gasteiger charge is -2.36. The van der Waals surface area contributed by atoms with Gasteiger partial charge in [-0.1, -0.05) is 13.0 Å². The van der Waals surface area contributed by atoms with Crippen molar-refractivity contribution in [2.45, 2.75) is 58.8 Å². The molecule has 4 heterocycles. The standard InChI is InChI=1S/C20H17NO4.C13H27N3O.2ClH/c1-11-6-14-13(10-25-19(14)7-12(11)2)9-24-18-5-3-4-16-15(18)8-17(21-16)20(22)23;1-11-10-16(7-4-13(11)17)9-8-15-5-2-12(14)3-6-15;;/h3-8,10,21H,9H2,1-2H3,(H,22,23);11-13,17H,2-10,14H2,1H3;2*1H/t;11-,13-;;/m.0../s1. The number of ether oxygens (including phenoxy) is 1. The predicted molar refractivity (Wildman–Crippen MR) is 180 cm³/mol. The highest BCUT2D eigenvalue weighted by Gasteiger charge is 2.24. The van der Waals surface area contributed by atoms with Gasteiger partial charge in [-0.3, -0.25) is 0 Å². The quantitative estimate of drug-likeness (QED) is 0.199. The Morgan fingerprint density at radius 1 is 1.02 bits per heavy atom. The lowest BCUT2D eigenvalue weighted by molar-refractivity contribution is 0.0304. The Kier molecular flexibility index (Phi) is 13.0. The molecule has 0 amide bonds. The highest BCUT2D eigenvalue weighted by Crippen LogP contribution is 2.30. The van der Waals surface area contributed by atoms with Gasteiger partial charge in [-0.15, -0.1) is 24.8 Å². The van der Waals surface area contributed by atoms with E-state index in [0.29, 0.717) is 24.3 Å². The number of aryl methyl sites for hydroxylation is 2. The molecule has 9 nitrogen and oxygen atoms in total. The minimum atomic E-state index is -0.992. The molecule has 2 aliphatic rings. The van der Waals surface area contributed by atoms with Crippen LogP contribution in [-0.4, -0.2) is 82.4 Å². The van der Waals surface area contributed by atoms with Crippen LogP contribution in [0.15, 0.2) is 47.1 Å². The molecule has 0 aliphatic carbocycles. The Morgan fingerprint density at radius 2 is 1.70 bits per heavy atom. The van der Waals surface area contributed by atoms with Gasteiger partial charge >= 0.3 is 5.97 Å². The summed E-state index contributed by atoms with van der Waals surface area (Å²) in [4.78, 5) is 19.0. The molecule has 2 saturated heterocycles. The summed E-state index contributed by atoms with van der Waals surface area (Å²) in [5.74, 6) is 0.0757. The minimum Gasteiger partial charge on any atom is -0.488 e. The van der Waals surface area contributed by atoms with Gasteiger partial charge in [-0.05, 0) is 93.6 Å². The van der Waals surface area contributed by atoms with Gasteiger partial charge in [-0.25, -0.2) is 4.79 Å². The van der Waals surface area contributed by atoms with Crippen LogP contribution in [0.25, 0.3) is 21.9 Å². The predicted octanol–water partition coefficient (Wildman–Crippen LogP) is 5.76. The van der Waals surface area contributed by atoms with Gasteiger partial charge in [0.2, 0.25) is 0 Å². The van der Waals surface area contributed by atoms with E-state index < -0.39 is 5.97 Å². The van der Waals surface area contributed by atoms with Gasteiger partial charge in [-0.2, -0.15) is 0 Å². The minimum absolute atomic E-state index is 0. The number of rotatable bonds is 7. The molecule has 5 N–H and O–H groups in total. The number of aliphatic hydroxyl groups is 1. The number of fused-ring (bicyclic) bond motifs is 2. The molecule has 4 aromatic rings. The number of aliphatic hydroxyl groups excluding tert-OH is 1. The van der Waals surface area contributed by atoms with Crippen molar-refractivity contribution in [1.29, 1.82) is 0 Å². The van der Waals surface area contributed by atoms with Crippen LogP contribution in [0.1, 0.15) is 53.4 Å². The second-order valence-electron chi connectivity index (χ2n) is 12.0. The fraction of sp³-hybridized carbons (Fsp3) is 0.485. The van der Waals surface area contributed by atoms with Crippen LogP contribution in [0.5, 0.6) is 5.75 Å². The summed E-state index contributed by atoms with van der Waals surface area (Å²) in [5.41, 5.74) is 11.0. The number of nitrogens with one attached hydrogen (secondary N) is 1. The molecular weight excluding hydrogens is 603 g/mol. The van der Waals surface area contributed by atoms with E-state index in [9.17, 15) is 9.90 Å². The Balaban J connectivity index is 0.000000246. The number of H-pyrrole nitrogens is 1. The molecule has 2 aromatic heterocycles. The molecule has 44 heavy (non-hydrogen) atoms. The van der Waals surface area contributed by atoms with Crippen LogP contribution in [-0.2, 0) is 6.61 Å². The van der Waals surface area contributed by atoms with Gasteiger partial charge in [0.15, 0.2) is 0 Å². The maximum atomic E-state index is 11.1. The molecule has 0 unspecified atom stereocenters. The van der Waals surface area contributed by atoms with E-state index in [2.05, 4.69) is 41.6 Å². The summed E-state index contributed by atoms with van der Waals surface area (Å²) in [5, 5.41) is 20.6. The van der Waals surface area contributed by atoms with Crippen LogP contribution >= 0.6 is 24.8 Å². The molecule has 2 atom stereocenters. The summed E-state index contributed by atoms with van der Waals surface area (Å²) >= 11 is 0. The number of aromatic nitrogens is 1. The van der Waals surface area contributed by atoms with Crippen LogP contribution in [0.2, 0.25) is 0 Å². The molecule has 2 aromatic carbocycles. The molecule has 11 heteroatoms. The number of carbonyl (C=O) groups is 1. The van der Waals surface area contributed by atoms with Gasteiger partial charge in [0, 0.05) is 54.1 Å². The number of hydrogen-bond acceptors (Lipinski definition) is 7. The maximum Gasteiger partial charge on any atom is 0.352 e. The van der Waals surface area contributed by atoms with Crippen molar-refractivity contribution in [2.24, 2.45) is 11.7 Å². The number of nitrogens with zero attached hydrogens (tertiary/aromatic N) is 2. The highest BCUT2D eigenvalue weighted by atomic mass is 35.5. The average Bonchev–Trinajstić information content (AvgIpc) is 3.59. The van der Waals surface area contributed by atoms with Crippen molar-refractivity contribution >= 4 is 52.7 Å². The molecule has 0 saturated carbocycles.